The molecule has 0 atom stereocenters. The average molecular weight is 296 g/mol. The minimum Gasteiger partial charge on any atom is -0.289 e. The Labute approximate surface area is 128 Å². The molecule has 0 N–H and O–H groups in total. The number of benzene rings is 2. The zero-order valence-corrected chi connectivity index (χ0v) is 12.9. The van der Waals surface area contributed by atoms with Gasteiger partial charge in [-0.25, -0.2) is 0 Å². The lowest BCUT2D eigenvalue weighted by molar-refractivity contribution is 0.0977. The van der Waals surface area contributed by atoms with Crippen LogP contribution in [0.1, 0.15) is 45.7 Å². The number of rotatable bonds is 3. The molecule has 0 saturated heterocycles. The van der Waals surface area contributed by atoms with Gasteiger partial charge in [0.1, 0.15) is 0 Å². The second-order valence-electron chi connectivity index (χ2n) is 5.59. The molecule has 0 aromatic heterocycles. The third kappa shape index (κ3) is 2.42. The minimum absolute atomic E-state index is 0.0351. The fourth-order valence-corrected chi connectivity index (χ4v) is 3.52. The lowest BCUT2D eigenvalue weighted by Gasteiger charge is -2.20. The molecule has 0 saturated carbocycles. The third-order valence-electron chi connectivity index (χ3n) is 3.49. The van der Waals surface area contributed by atoms with Crippen molar-refractivity contribution < 1.29 is 9.59 Å². The van der Waals surface area contributed by atoms with Gasteiger partial charge in [0.2, 0.25) is 0 Å². The van der Waals surface area contributed by atoms with E-state index >= 15 is 0 Å². The zero-order chi connectivity index (χ0) is 15.0. The first kappa shape index (κ1) is 14.1. The standard InChI is InChI=1S/C18H16O2S/c1-11(2)10-21-15-9-5-8-14-16(15)18(20)13-7-4-3-6-12(13)17(14)19/h3-9,11H,10H2,1-2H3. The van der Waals surface area contributed by atoms with Crippen LogP contribution in [0.2, 0.25) is 0 Å². The van der Waals surface area contributed by atoms with Crippen LogP contribution < -0.4 is 0 Å². The molecular weight excluding hydrogens is 280 g/mol. The predicted octanol–water partition coefficient (Wildman–Crippen LogP) is 4.21. The molecule has 0 spiro atoms. The molecule has 0 radical (unpaired) electrons. The summed E-state index contributed by atoms with van der Waals surface area (Å²) >= 11 is 1.65. The molecule has 0 bridgehead atoms. The summed E-state index contributed by atoms with van der Waals surface area (Å²) in [5.41, 5.74) is 2.15. The number of fused-ring (bicyclic) bond motifs is 2. The Morgan fingerprint density at radius 3 is 2.14 bits per heavy atom. The molecule has 2 aromatic carbocycles. The molecule has 0 aliphatic heterocycles. The summed E-state index contributed by atoms with van der Waals surface area (Å²) in [7, 11) is 0. The minimum atomic E-state index is -0.0489. The van der Waals surface area contributed by atoms with Crippen LogP contribution in [0, 0.1) is 5.92 Å². The van der Waals surface area contributed by atoms with Crippen molar-refractivity contribution >= 4 is 23.3 Å². The largest absolute Gasteiger partial charge is 0.289 e. The predicted molar refractivity (Wildman–Crippen MR) is 85.3 cm³/mol. The average Bonchev–Trinajstić information content (AvgIpc) is 2.50. The second-order valence-corrected chi connectivity index (χ2v) is 6.65. The Bertz CT molecular complexity index is 732. The molecular formula is C18H16O2S. The molecule has 1 aliphatic carbocycles. The van der Waals surface area contributed by atoms with Crippen molar-refractivity contribution in [2.24, 2.45) is 5.92 Å². The fourth-order valence-electron chi connectivity index (χ4n) is 2.49. The Morgan fingerprint density at radius 1 is 0.857 bits per heavy atom. The zero-order valence-electron chi connectivity index (χ0n) is 12.1. The first-order valence-electron chi connectivity index (χ1n) is 7.04. The van der Waals surface area contributed by atoms with Gasteiger partial charge in [-0.15, -0.1) is 11.8 Å². The van der Waals surface area contributed by atoms with Crippen LogP contribution in [-0.2, 0) is 0 Å². The number of hydrogen-bond acceptors (Lipinski definition) is 3. The van der Waals surface area contributed by atoms with E-state index in [0.29, 0.717) is 28.2 Å². The molecule has 1 aliphatic rings. The maximum absolute atomic E-state index is 12.8. The van der Waals surface area contributed by atoms with Gasteiger partial charge in [0.25, 0.3) is 0 Å². The molecule has 2 aromatic rings. The lowest BCUT2D eigenvalue weighted by Crippen LogP contribution is -2.21. The molecule has 3 rings (SSSR count). The van der Waals surface area contributed by atoms with Crippen LogP contribution in [-0.4, -0.2) is 17.3 Å². The van der Waals surface area contributed by atoms with Crippen LogP contribution in [0.5, 0.6) is 0 Å². The lowest BCUT2D eigenvalue weighted by atomic mass is 9.84. The first-order valence-corrected chi connectivity index (χ1v) is 8.02. The van der Waals surface area contributed by atoms with Crippen molar-refractivity contribution in [2.75, 3.05) is 5.75 Å². The Hall–Kier alpha value is -1.87. The van der Waals surface area contributed by atoms with Crippen molar-refractivity contribution in [1.82, 2.24) is 0 Å². The monoisotopic (exact) mass is 296 g/mol. The number of ketones is 2. The van der Waals surface area contributed by atoms with E-state index in [1.807, 2.05) is 12.1 Å². The van der Waals surface area contributed by atoms with Crippen molar-refractivity contribution in [3.8, 4) is 0 Å². The van der Waals surface area contributed by atoms with Crippen LogP contribution in [0.25, 0.3) is 0 Å². The van der Waals surface area contributed by atoms with Crippen LogP contribution in [0.15, 0.2) is 47.4 Å². The van der Waals surface area contributed by atoms with Gasteiger partial charge in [0.05, 0.1) is 0 Å². The normalized spacial score (nSPS) is 13.3. The van der Waals surface area contributed by atoms with Crippen LogP contribution in [0.4, 0.5) is 0 Å². The maximum Gasteiger partial charge on any atom is 0.195 e. The summed E-state index contributed by atoms with van der Waals surface area (Å²) in [6.45, 7) is 4.29. The maximum atomic E-state index is 12.8. The van der Waals surface area contributed by atoms with Crippen LogP contribution in [0.3, 0.4) is 0 Å². The smallest absolute Gasteiger partial charge is 0.195 e. The van der Waals surface area contributed by atoms with Gasteiger partial charge in [-0.05, 0) is 12.0 Å². The number of carbonyl (C=O) groups excluding carboxylic acids is 2. The summed E-state index contributed by atoms with van der Waals surface area (Å²) < 4.78 is 0. The van der Waals surface area contributed by atoms with Crippen molar-refractivity contribution in [3.05, 3.63) is 64.7 Å². The Kier molecular flexibility index (Phi) is 3.68. The van der Waals surface area contributed by atoms with Gasteiger partial charge in [0, 0.05) is 32.9 Å². The topological polar surface area (TPSA) is 34.1 Å². The summed E-state index contributed by atoms with van der Waals surface area (Å²) in [4.78, 5) is 26.2. The van der Waals surface area contributed by atoms with E-state index in [1.54, 1.807) is 42.1 Å². The first-order chi connectivity index (χ1) is 10.1. The van der Waals surface area contributed by atoms with Gasteiger partial charge in [-0.1, -0.05) is 50.2 Å². The van der Waals surface area contributed by atoms with Crippen LogP contribution >= 0.6 is 11.8 Å². The van der Waals surface area contributed by atoms with E-state index in [-0.39, 0.29) is 11.6 Å². The van der Waals surface area contributed by atoms with E-state index in [1.165, 1.54) is 0 Å². The molecule has 0 heterocycles. The Balaban J connectivity index is 2.12. The van der Waals surface area contributed by atoms with Gasteiger partial charge >= 0.3 is 0 Å². The number of carbonyl (C=O) groups is 2. The summed E-state index contributed by atoms with van der Waals surface area (Å²) in [5.74, 6) is 1.38. The van der Waals surface area contributed by atoms with Crippen molar-refractivity contribution in [2.45, 2.75) is 18.7 Å². The summed E-state index contributed by atoms with van der Waals surface area (Å²) in [6, 6.07) is 12.6. The van der Waals surface area contributed by atoms with E-state index in [9.17, 15) is 9.59 Å². The van der Waals surface area contributed by atoms with Gasteiger partial charge < -0.3 is 0 Å². The quantitative estimate of drug-likeness (QED) is 0.679. The third-order valence-corrected chi connectivity index (χ3v) is 4.97. The molecule has 0 unspecified atom stereocenters. The highest BCUT2D eigenvalue weighted by molar-refractivity contribution is 7.99. The molecule has 0 fully saturated rings. The molecule has 0 amide bonds. The van der Waals surface area contributed by atoms with Crippen molar-refractivity contribution in [3.63, 3.8) is 0 Å². The van der Waals surface area contributed by atoms with Crippen molar-refractivity contribution in [1.29, 1.82) is 0 Å². The Morgan fingerprint density at radius 2 is 1.48 bits per heavy atom. The van der Waals surface area contributed by atoms with E-state index in [2.05, 4.69) is 13.8 Å². The second kappa shape index (κ2) is 5.49. The van der Waals surface area contributed by atoms with Gasteiger partial charge in [0.15, 0.2) is 11.6 Å². The van der Waals surface area contributed by atoms with E-state index in [0.717, 1.165) is 10.6 Å². The van der Waals surface area contributed by atoms with E-state index < -0.39 is 0 Å². The highest BCUT2D eigenvalue weighted by atomic mass is 32.2. The molecule has 21 heavy (non-hydrogen) atoms. The summed E-state index contributed by atoms with van der Waals surface area (Å²) in [6.07, 6.45) is 0. The molecule has 3 heteroatoms. The molecule has 2 nitrogen and oxygen atoms in total. The fraction of sp³-hybridized carbons (Fsp3) is 0.222. The molecule has 106 valence electrons. The summed E-state index contributed by atoms with van der Waals surface area (Å²) in [5, 5.41) is 0. The highest BCUT2D eigenvalue weighted by Crippen LogP contribution is 2.34. The van der Waals surface area contributed by atoms with Gasteiger partial charge in [-0.3, -0.25) is 9.59 Å². The SMILES string of the molecule is CC(C)CSc1cccc2c1C(=O)c1ccccc1C2=O. The van der Waals surface area contributed by atoms with E-state index in [4.69, 9.17) is 0 Å². The highest BCUT2D eigenvalue weighted by Gasteiger charge is 2.31. The number of thioether (sulfide) groups is 1. The number of hydrogen-bond donors (Lipinski definition) is 0. The van der Waals surface area contributed by atoms with Gasteiger partial charge in [-0.2, -0.15) is 0 Å².